The quantitative estimate of drug-likeness (QED) is 0.766. The number of phenolic OH excluding ortho intramolecular Hbond substituents is 2. The van der Waals surface area contributed by atoms with Crippen molar-refractivity contribution in [3.63, 3.8) is 0 Å². The second kappa shape index (κ2) is 7.95. The zero-order chi connectivity index (χ0) is 19.4. The summed E-state index contributed by atoms with van der Waals surface area (Å²) in [4.78, 5) is 25.9. The van der Waals surface area contributed by atoms with Gasteiger partial charge in [-0.2, -0.15) is 0 Å². The number of ether oxygens (including phenoxy) is 1. The summed E-state index contributed by atoms with van der Waals surface area (Å²) in [7, 11) is 0. The summed E-state index contributed by atoms with van der Waals surface area (Å²) in [5, 5.41) is 19.7. The first-order valence-corrected chi connectivity index (χ1v) is 8.72. The van der Waals surface area contributed by atoms with E-state index >= 15 is 0 Å². The number of hydrogen-bond donors (Lipinski definition) is 2. The zero-order valence-corrected chi connectivity index (χ0v) is 14.8. The maximum atomic E-state index is 12.9. The Labute approximate surface area is 157 Å². The molecule has 1 fully saturated rings. The summed E-state index contributed by atoms with van der Waals surface area (Å²) in [6, 6.07) is 9.25. The minimum Gasteiger partial charge on any atom is -0.507 e. The zero-order valence-electron chi connectivity index (χ0n) is 14.8. The Kier molecular flexibility index (Phi) is 5.45. The van der Waals surface area contributed by atoms with Crippen molar-refractivity contribution in [3.05, 3.63) is 59.7 Å². The van der Waals surface area contributed by atoms with Crippen LogP contribution < -0.4 is 4.74 Å². The Morgan fingerprint density at radius 1 is 1.19 bits per heavy atom. The summed E-state index contributed by atoms with van der Waals surface area (Å²) in [6.45, 7) is 4.49. The summed E-state index contributed by atoms with van der Waals surface area (Å²) in [5.41, 5.74) is 0.682. The van der Waals surface area contributed by atoms with Crippen LogP contribution in [0.15, 0.2) is 43.0 Å². The van der Waals surface area contributed by atoms with Crippen molar-refractivity contribution in [3.8, 4) is 17.2 Å². The lowest BCUT2D eigenvalue weighted by atomic mass is 10.1. The van der Waals surface area contributed by atoms with Crippen molar-refractivity contribution in [1.82, 2.24) is 4.90 Å². The lowest BCUT2D eigenvalue weighted by Crippen LogP contribution is -2.39. The van der Waals surface area contributed by atoms with Crippen molar-refractivity contribution in [1.29, 1.82) is 0 Å². The van der Waals surface area contributed by atoms with Crippen LogP contribution in [-0.4, -0.2) is 46.5 Å². The highest BCUT2D eigenvalue weighted by molar-refractivity contribution is 6.03. The molecule has 2 aromatic rings. The van der Waals surface area contributed by atoms with Crippen LogP contribution in [0.1, 0.15) is 39.1 Å². The average Bonchev–Trinajstić information content (AvgIpc) is 3.14. The van der Waals surface area contributed by atoms with E-state index in [0.717, 1.165) is 12.8 Å². The molecule has 27 heavy (non-hydrogen) atoms. The minimum atomic E-state index is -0.307. The molecule has 2 N–H and O–H groups in total. The van der Waals surface area contributed by atoms with E-state index in [1.807, 2.05) is 0 Å². The van der Waals surface area contributed by atoms with Crippen molar-refractivity contribution in [2.45, 2.75) is 18.9 Å². The second-order valence-electron chi connectivity index (χ2n) is 6.35. The molecule has 3 rings (SSSR count). The normalized spacial score (nSPS) is 16.1. The molecule has 1 aliphatic heterocycles. The molecule has 0 radical (unpaired) electrons. The first-order valence-electron chi connectivity index (χ1n) is 8.72. The van der Waals surface area contributed by atoms with E-state index < -0.39 is 0 Å². The standard InChI is InChI=1S/C21H21NO5/c1-2-15-18(24)9-4-10-20(15)27-13-14-6-5-11-22(14)21(26)16-7-3-8-19(25)17(16)12-23/h2-4,7-10,12,14,24-25H,1,5-6,11,13H2/t14-/m0/s1. The lowest BCUT2D eigenvalue weighted by molar-refractivity contribution is 0.0688. The number of likely N-dealkylation sites (tertiary alicyclic amines) is 1. The van der Waals surface area contributed by atoms with E-state index in [9.17, 15) is 19.8 Å². The second-order valence-corrected chi connectivity index (χ2v) is 6.35. The molecular formula is C21H21NO5. The van der Waals surface area contributed by atoms with Crippen LogP contribution in [0, 0.1) is 0 Å². The maximum Gasteiger partial charge on any atom is 0.255 e. The monoisotopic (exact) mass is 367 g/mol. The number of aldehydes is 1. The van der Waals surface area contributed by atoms with Crippen LogP contribution in [0.25, 0.3) is 6.08 Å². The van der Waals surface area contributed by atoms with Crippen LogP contribution in [0.4, 0.5) is 0 Å². The molecule has 1 atom stereocenters. The molecule has 140 valence electrons. The largest absolute Gasteiger partial charge is 0.507 e. The van der Waals surface area contributed by atoms with Gasteiger partial charge in [-0.05, 0) is 37.1 Å². The fourth-order valence-corrected chi connectivity index (χ4v) is 3.34. The predicted molar refractivity (Wildman–Crippen MR) is 101 cm³/mol. The van der Waals surface area contributed by atoms with Gasteiger partial charge in [-0.3, -0.25) is 9.59 Å². The Morgan fingerprint density at radius 3 is 2.59 bits per heavy atom. The van der Waals surface area contributed by atoms with Gasteiger partial charge >= 0.3 is 0 Å². The number of carbonyl (C=O) groups is 2. The van der Waals surface area contributed by atoms with Gasteiger partial charge in [-0.25, -0.2) is 0 Å². The molecule has 0 saturated carbocycles. The minimum absolute atomic E-state index is 0.00371. The molecule has 0 aliphatic carbocycles. The van der Waals surface area contributed by atoms with E-state index in [2.05, 4.69) is 6.58 Å². The predicted octanol–water partition coefficient (Wildman–Crippen LogP) is 3.24. The van der Waals surface area contributed by atoms with Gasteiger partial charge in [0.25, 0.3) is 5.91 Å². The summed E-state index contributed by atoms with van der Waals surface area (Å²) < 4.78 is 5.85. The van der Waals surface area contributed by atoms with Gasteiger partial charge in [0.2, 0.25) is 0 Å². The van der Waals surface area contributed by atoms with Crippen LogP contribution in [-0.2, 0) is 0 Å². The fraction of sp³-hybridized carbons (Fsp3) is 0.238. The Hall–Kier alpha value is -3.28. The average molecular weight is 367 g/mol. The SMILES string of the molecule is C=Cc1c(O)cccc1OC[C@@H]1CCCN1C(=O)c1cccc(O)c1C=O. The number of carbonyl (C=O) groups excluding carboxylic acids is 2. The topological polar surface area (TPSA) is 87.1 Å². The van der Waals surface area contributed by atoms with Crippen molar-refractivity contribution in [2.24, 2.45) is 0 Å². The molecule has 6 nitrogen and oxygen atoms in total. The van der Waals surface area contributed by atoms with Gasteiger partial charge in [0, 0.05) is 6.54 Å². The maximum absolute atomic E-state index is 12.9. The van der Waals surface area contributed by atoms with Crippen LogP contribution in [0.5, 0.6) is 17.2 Å². The highest BCUT2D eigenvalue weighted by Crippen LogP contribution is 2.30. The van der Waals surface area contributed by atoms with Gasteiger partial charge in [-0.1, -0.05) is 24.8 Å². The molecule has 1 heterocycles. The highest BCUT2D eigenvalue weighted by atomic mass is 16.5. The Balaban J connectivity index is 1.77. The number of phenols is 2. The Bertz CT molecular complexity index is 877. The third kappa shape index (κ3) is 3.65. The van der Waals surface area contributed by atoms with E-state index in [1.54, 1.807) is 29.2 Å². The van der Waals surface area contributed by atoms with Gasteiger partial charge in [0.15, 0.2) is 6.29 Å². The summed E-state index contributed by atoms with van der Waals surface area (Å²) >= 11 is 0. The third-order valence-electron chi connectivity index (χ3n) is 4.75. The number of amides is 1. The molecule has 0 spiro atoms. The van der Waals surface area contributed by atoms with E-state index in [1.165, 1.54) is 18.2 Å². The van der Waals surface area contributed by atoms with Crippen LogP contribution in [0.2, 0.25) is 0 Å². The number of rotatable bonds is 6. The smallest absolute Gasteiger partial charge is 0.255 e. The third-order valence-corrected chi connectivity index (χ3v) is 4.75. The summed E-state index contributed by atoms with van der Waals surface area (Å²) in [5.74, 6) is 0.0599. The van der Waals surface area contributed by atoms with Crippen molar-refractivity contribution < 1.29 is 24.5 Å². The van der Waals surface area contributed by atoms with Gasteiger partial charge in [0.1, 0.15) is 23.9 Å². The molecule has 0 unspecified atom stereocenters. The number of aromatic hydroxyl groups is 2. The van der Waals surface area contributed by atoms with Crippen LogP contribution >= 0.6 is 0 Å². The van der Waals surface area contributed by atoms with E-state index in [4.69, 9.17) is 4.74 Å². The van der Waals surface area contributed by atoms with Crippen LogP contribution in [0.3, 0.4) is 0 Å². The van der Waals surface area contributed by atoms with Gasteiger partial charge < -0.3 is 19.8 Å². The number of nitrogens with zero attached hydrogens (tertiary/aromatic N) is 1. The van der Waals surface area contributed by atoms with Gasteiger partial charge in [0.05, 0.1) is 22.7 Å². The molecule has 1 amide bonds. The lowest BCUT2D eigenvalue weighted by Gasteiger charge is -2.26. The molecule has 6 heteroatoms. The van der Waals surface area contributed by atoms with Crippen molar-refractivity contribution in [2.75, 3.05) is 13.2 Å². The number of benzene rings is 2. The molecule has 1 saturated heterocycles. The molecule has 2 aromatic carbocycles. The highest BCUT2D eigenvalue weighted by Gasteiger charge is 2.31. The van der Waals surface area contributed by atoms with Crippen molar-refractivity contribution >= 4 is 18.3 Å². The Morgan fingerprint density at radius 2 is 1.89 bits per heavy atom. The first-order chi connectivity index (χ1) is 13.1. The molecule has 1 aliphatic rings. The molecule has 0 aromatic heterocycles. The summed E-state index contributed by atoms with van der Waals surface area (Å²) in [6.07, 6.45) is 3.60. The van der Waals surface area contributed by atoms with Gasteiger partial charge in [-0.15, -0.1) is 0 Å². The molecule has 0 bridgehead atoms. The van der Waals surface area contributed by atoms with E-state index in [0.29, 0.717) is 24.1 Å². The van der Waals surface area contributed by atoms with E-state index in [-0.39, 0.29) is 41.2 Å². The first kappa shape index (κ1) is 18.5. The number of hydrogen-bond acceptors (Lipinski definition) is 5. The fourth-order valence-electron chi connectivity index (χ4n) is 3.34. The molecular weight excluding hydrogens is 346 g/mol.